The predicted molar refractivity (Wildman–Crippen MR) is 112 cm³/mol. The SMILES string of the molecule is CC(C)(C)c1ccc(C(=O)Nc2ccc(Nc3ccc(Cl)cc3)nc2)cc1. The molecule has 3 rings (SSSR count). The topological polar surface area (TPSA) is 54.0 Å². The van der Waals surface area contributed by atoms with Crippen LogP contribution in [-0.4, -0.2) is 10.9 Å². The van der Waals surface area contributed by atoms with Crippen LogP contribution >= 0.6 is 11.6 Å². The first-order valence-electron chi connectivity index (χ1n) is 8.72. The van der Waals surface area contributed by atoms with Crippen LogP contribution in [0.15, 0.2) is 66.9 Å². The molecule has 2 aromatic carbocycles. The van der Waals surface area contributed by atoms with Gasteiger partial charge in [0.15, 0.2) is 0 Å². The molecule has 5 heteroatoms. The Morgan fingerprint density at radius 3 is 2.07 bits per heavy atom. The molecule has 1 heterocycles. The van der Waals surface area contributed by atoms with Gasteiger partial charge in [-0.1, -0.05) is 44.5 Å². The van der Waals surface area contributed by atoms with E-state index in [-0.39, 0.29) is 11.3 Å². The molecule has 2 N–H and O–H groups in total. The number of anilines is 3. The molecule has 0 aliphatic heterocycles. The molecule has 0 saturated carbocycles. The zero-order chi connectivity index (χ0) is 19.4. The van der Waals surface area contributed by atoms with Crippen LogP contribution in [0, 0.1) is 0 Å². The molecule has 0 unspecified atom stereocenters. The van der Waals surface area contributed by atoms with Gasteiger partial charge in [0.25, 0.3) is 5.91 Å². The second-order valence-electron chi connectivity index (χ2n) is 7.35. The number of amides is 1. The Morgan fingerprint density at radius 2 is 1.52 bits per heavy atom. The molecular formula is C22H22ClN3O. The van der Waals surface area contributed by atoms with E-state index < -0.39 is 0 Å². The van der Waals surface area contributed by atoms with Crippen molar-refractivity contribution in [3.63, 3.8) is 0 Å². The summed E-state index contributed by atoms with van der Waals surface area (Å²) in [5.41, 5.74) is 3.40. The van der Waals surface area contributed by atoms with E-state index in [1.807, 2.05) is 60.7 Å². The van der Waals surface area contributed by atoms with E-state index in [1.54, 1.807) is 6.20 Å². The van der Waals surface area contributed by atoms with Gasteiger partial charge in [-0.25, -0.2) is 4.98 Å². The predicted octanol–water partition coefficient (Wildman–Crippen LogP) is 6.03. The lowest BCUT2D eigenvalue weighted by atomic mass is 9.87. The van der Waals surface area contributed by atoms with Crippen molar-refractivity contribution in [2.75, 3.05) is 10.6 Å². The fraction of sp³-hybridized carbons (Fsp3) is 0.182. The number of nitrogens with one attached hydrogen (secondary N) is 2. The third-order valence-corrected chi connectivity index (χ3v) is 4.40. The first-order valence-corrected chi connectivity index (χ1v) is 9.09. The van der Waals surface area contributed by atoms with Gasteiger partial charge >= 0.3 is 0 Å². The number of rotatable bonds is 4. The lowest BCUT2D eigenvalue weighted by Gasteiger charge is -2.19. The number of aromatic nitrogens is 1. The fourth-order valence-corrected chi connectivity index (χ4v) is 2.67. The van der Waals surface area contributed by atoms with Crippen molar-refractivity contribution < 1.29 is 4.79 Å². The Bertz CT molecular complexity index is 912. The largest absolute Gasteiger partial charge is 0.340 e. The Morgan fingerprint density at radius 1 is 0.889 bits per heavy atom. The summed E-state index contributed by atoms with van der Waals surface area (Å²) < 4.78 is 0. The van der Waals surface area contributed by atoms with Crippen LogP contribution in [-0.2, 0) is 5.41 Å². The van der Waals surface area contributed by atoms with Crippen LogP contribution in [0.5, 0.6) is 0 Å². The van der Waals surface area contributed by atoms with E-state index in [1.165, 1.54) is 5.56 Å². The average molecular weight is 380 g/mol. The number of halogens is 1. The number of benzene rings is 2. The minimum absolute atomic E-state index is 0.0614. The second kappa shape index (κ2) is 7.80. The number of pyridine rings is 1. The third kappa shape index (κ3) is 5.08. The van der Waals surface area contributed by atoms with Gasteiger partial charge in [0.1, 0.15) is 5.82 Å². The highest BCUT2D eigenvalue weighted by molar-refractivity contribution is 6.30. The Hall–Kier alpha value is -2.85. The maximum atomic E-state index is 12.4. The minimum Gasteiger partial charge on any atom is -0.340 e. The average Bonchev–Trinajstić information content (AvgIpc) is 2.64. The molecule has 0 spiro atoms. The zero-order valence-corrected chi connectivity index (χ0v) is 16.3. The standard InChI is InChI=1S/C22H22ClN3O/c1-22(2,3)16-6-4-15(5-7-16)21(27)26-19-12-13-20(24-14-19)25-18-10-8-17(23)9-11-18/h4-14H,1-3H3,(H,24,25)(H,26,27). The van der Waals surface area contributed by atoms with Crippen molar-refractivity contribution in [3.05, 3.63) is 83.0 Å². The van der Waals surface area contributed by atoms with Crippen molar-refractivity contribution in [2.45, 2.75) is 26.2 Å². The first-order chi connectivity index (χ1) is 12.8. The van der Waals surface area contributed by atoms with E-state index in [2.05, 4.69) is 36.4 Å². The molecule has 1 aromatic heterocycles. The molecule has 0 fully saturated rings. The van der Waals surface area contributed by atoms with E-state index in [0.29, 0.717) is 22.1 Å². The highest BCUT2D eigenvalue weighted by Crippen LogP contribution is 2.23. The van der Waals surface area contributed by atoms with Crippen molar-refractivity contribution >= 4 is 34.7 Å². The molecule has 138 valence electrons. The number of nitrogens with zero attached hydrogens (tertiary/aromatic N) is 1. The van der Waals surface area contributed by atoms with Crippen LogP contribution in [0.3, 0.4) is 0 Å². The van der Waals surface area contributed by atoms with Gasteiger partial charge in [-0.3, -0.25) is 4.79 Å². The fourth-order valence-electron chi connectivity index (χ4n) is 2.55. The molecule has 0 aliphatic carbocycles. The van der Waals surface area contributed by atoms with Crippen LogP contribution in [0.4, 0.5) is 17.2 Å². The van der Waals surface area contributed by atoms with Crippen LogP contribution < -0.4 is 10.6 Å². The summed E-state index contributed by atoms with van der Waals surface area (Å²) in [6, 6.07) is 18.7. The van der Waals surface area contributed by atoms with Crippen molar-refractivity contribution in [2.24, 2.45) is 0 Å². The van der Waals surface area contributed by atoms with Gasteiger partial charge < -0.3 is 10.6 Å². The van der Waals surface area contributed by atoms with Crippen LogP contribution in [0.25, 0.3) is 0 Å². The molecule has 27 heavy (non-hydrogen) atoms. The lowest BCUT2D eigenvalue weighted by Crippen LogP contribution is -2.14. The highest BCUT2D eigenvalue weighted by Gasteiger charge is 2.14. The minimum atomic E-state index is -0.157. The number of carbonyl (C=O) groups is 1. The summed E-state index contributed by atoms with van der Waals surface area (Å²) >= 11 is 5.88. The van der Waals surface area contributed by atoms with Crippen molar-refractivity contribution in [1.29, 1.82) is 0 Å². The zero-order valence-electron chi connectivity index (χ0n) is 15.6. The quantitative estimate of drug-likeness (QED) is 0.582. The molecule has 0 radical (unpaired) electrons. The molecule has 3 aromatic rings. The van der Waals surface area contributed by atoms with Crippen molar-refractivity contribution in [1.82, 2.24) is 4.98 Å². The summed E-state index contributed by atoms with van der Waals surface area (Å²) in [5, 5.41) is 6.73. The molecule has 0 saturated heterocycles. The number of hydrogen-bond donors (Lipinski definition) is 2. The maximum absolute atomic E-state index is 12.4. The summed E-state index contributed by atoms with van der Waals surface area (Å²) in [5.74, 6) is 0.528. The molecule has 0 atom stereocenters. The Kier molecular flexibility index (Phi) is 5.47. The lowest BCUT2D eigenvalue weighted by molar-refractivity contribution is 0.102. The third-order valence-electron chi connectivity index (χ3n) is 4.15. The summed E-state index contributed by atoms with van der Waals surface area (Å²) in [7, 11) is 0. The maximum Gasteiger partial charge on any atom is 0.255 e. The van der Waals surface area contributed by atoms with Gasteiger partial charge in [-0.05, 0) is 59.5 Å². The molecule has 1 amide bonds. The summed E-state index contributed by atoms with van der Waals surface area (Å²) in [4.78, 5) is 16.7. The van der Waals surface area contributed by atoms with Crippen LogP contribution in [0.2, 0.25) is 5.02 Å². The molecular weight excluding hydrogens is 358 g/mol. The smallest absolute Gasteiger partial charge is 0.255 e. The summed E-state index contributed by atoms with van der Waals surface area (Å²) in [6.45, 7) is 6.44. The van der Waals surface area contributed by atoms with Gasteiger partial charge in [0.05, 0.1) is 11.9 Å². The monoisotopic (exact) mass is 379 g/mol. The van der Waals surface area contributed by atoms with E-state index in [9.17, 15) is 4.79 Å². The highest BCUT2D eigenvalue weighted by atomic mass is 35.5. The molecule has 4 nitrogen and oxygen atoms in total. The number of carbonyl (C=O) groups excluding carboxylic acids is 1. The van der Waals surface area contributed by atoms with E-state index >= 15 is 0 Å². The summed E-state index contributed by atoms with van der Waals surface area (Å²) in [6.07, 6.45) is 1.62. The Labute approximate surface area is 164 Å². The normalized spacial score (nSPS) is 11.1. The van der Waals surface area contributed by atoms with Gasteiger partial charge in [0, 0.05) is 16.3 Å². The van der Waals surface area contributed by atoms with Crippen molar-refractivity contribution in [3.8, 4) is 0 Å². The second-order valence-corrected chi connectivity index (χ2v) is 7.78. The van der Waals surface area contributed by atoms with E-state index in [0.717, 1.165) is 5.69 Å². The number of hydrogen-bond acceptors (Lipinski definition) is 3. The Balaban J connectivity index is 1.63. The molecule has 0 aliphatic rings. The van der Waals surface area contributed by atoms with Gasteiger partial charge in [-0.2, -0.15) is 0 Å². The first kappa shape index (κ1) is 18.9. The van der Waals surface area contributed by atoms with E-state index in [4.69, 9.17) is 11.6 Å². The molecule has 0 bridgehead atoms. The van der Waals surface area contributed by atoms with Gasteiger partial charge in [0.2, 0.25) is 0 Å². The van der Waals surface area contributed by atoms with Crippen LogP contribution in [0.1, 0.15) is 36.7 Å². The van der Waals surface area contributed by atoms with Gasteiger partial charge in [-0.15, -0.1) is 0 Å².